The summed E-state index contributed by atoms with van der Waals surface area (Å²) in [6.45, 7) is 3.24. The molecule has 0 spiro atoms. The Morgan fingerprint density at radius 2 is 2.17 bits per heavy atom. The number of carboxylic acids is 1. The minimum Gasteiger partial charge on any atom is -0.480 e. The Balaban J connectivity index is 1.83. The fraction of sp³-hybridized carbons (Fsp3) is 0.929. The molecule has 0 heterocycles. The molecule has 3 atom stereocenters. The van der Waals surface area contributed by atoms with Crippen molar-refractivity contribution in [3.05, 3.63) is 0 Å². The first kappa shape index (κ1) is 13.8. The van der Waals surface area contributed by atoms with Gasteiger partial charge in [0.1, 0.15) is 5.54 Å². The standard InChI is InChI=1S/C14H26N2O2/c1-10(11-5-6-11)16(2)9-7-12-4-3-8-14(12,15)13(17)18/h10-12H,3-9,15H2,1-2H3,(H,17,18). The van der Waals surface area contributed by atoms with Gasteiger partial charge in [-0.05, 0) is 64.5 Å². The maximum Gasteiger partial charge on any atom is 0.323 e. The molecule has 2 rings (SSSR count). The molecule has 0 bridgehead atoms. The quantitative estimate of drug-likeness (QED) is 0.757. The van der Waals surface area contributed by atoms with Crippen LogP contribution in [-0.4, -0.2) is 41.1 Å². The van der Waals surface area contributed by atoms with E-state index in [1.807, 2.05) is 0 Å². The van der Waals surface area contributed by atoms with Crippen molar-refractivity contribution in [1.82, 2.24) is 4.90 Å². The van der Waals surface area contributed by atoms with Gasteiger partial charge in [-0.1, -0.05) is 6.42 Å². The Labute approximate surface area is 110 Å². The lowest BCUT2D eigenvalue weighted by molar-refractivity contribution is -0.144. The van der Waals surface area contributed by atoms with Crippen LogP contribution in [0.3, 0.4) is 0 Å². The van der Waals surface area contributed by atoms with E-state index < -0.39 is 11.5 Å². The fourth-order valence-corrected chi connectivity index (χ4v) is 3.29. The topological polar surface area (TPSA) is 66.6 Å². The zero-order chi connectivity index (χ0) is 13.3. The fourth-order valence-electron chi connectivity index (χ4n) is 3.29. The molecule has 0 aromatic carbocycles. The van der Waals surface area contributed by atoms with E-state index in [0.29, 0.717) is 12.5 Å². The molecule has 4 heteroatoms. The number of hydrogen-bond donors (Lipinski definition) is 2. The molecular weight excluding hydrogens is 228 g/mol. The van der Waals surface area contributed by atoms with Crippen molar-refractivity contribution in [3.63, 3.8) is 0 Å². The first-order valence-corrected chi connectivity index (χ1v) is 7.17. The molecule has 3 unspecified atom stereocenters. The van der Waals surface area contributed by atoms with Gasteiger partial charge in [-0.3, -0.25) is 4.79 Å². The Hall–Kier alpha value is -0.610. The van der Waals surface area contributed by atoms with Crippen LogP contribution in [0.5, 0.6) is 0 Å². The molecule has 0 amide bonds. The summed E-state index contributed by atoms with van der Waals surface area (Å²) in [5.74, 6) is 0.187. The molecule has 0 aromatic rings. The van der Waals surface area contributed by atoms with Crippen LogP contribution in [-0.2, 0) is 4.79 Å². The van der Waals surface area contributed by atoms with Crippen molar-refractivity contribution in [2.45, 2.75) is 57.0 Å². The normalized spacial score (nSPS) is 33.9. The third-order valence-electron chi connectivity index (χ3n) is 5.10. The van der Waals surface area contributed by atoms with E-state index in [4.69, 9.17) is 5.73 Å². The number of carboxylic acid groups (broad SMARTS) is 1. The zero-order valence-corrected chi connectivity index (χ0v) is 11.6. The average Bonchev–Trinajstić information content (AvgIpc) is 3.10. The number of carbonyl (C=O) groups is 1. The van der Waals surface area contributed by atoms with Crippen LogP contribution < -0.4 is 5.73 Å². The highest BCUT2D eigenvalue weighted by Crippen LogP contribution is 2.38. The lowest BCUT2D eigenvalue weighted by Gasteiger charge is -2.30. The lowest BCUT2D eigenvalue weighted by Crippen LogP contribution is -2.51. The molecule has 2 saturated carbocycles. The number of nitrogens with two attached hydrogens (primary N) is 1. The first-order valence-electron chi connectivity index (χ1n) is 7.17. The highest BCUT2D eigenvalue weighted by atomic mass is 16.4. The van der Waals surface area contributed by atoms with E-state index >= 15 is 0 Å². The molecule has 3 N–H and O–H groups in total. The van der Waals surface area contributed by atoms with Gasteiger partial charge in [-0.2, -0.15) is 0 Å². The molecule has 2 fully saturated rings. The molecule has 0 radical (unpaired) electrons. The van der Waals surface area contributed by atoms with Gasteiger partial charge in [0, 0.05) is 6.04 Å². The molecule has 104 valence electrons. The first-order chi connectivity index (χ1) is 8.45. The Kier molecular flexibility index (Phi) is 3.97. The van der Waals surface area contributed by atoms with Gasteiger partial charge in [0.25, 0.3) is 0 Å². The van der Waals surface area contributed by atoms with Gasteiger partial charge in [-0.25, -0.2) is 0 Å². The predicted octanol–water partition coefficient (Wildman–Crippen LogP) is 1.69. The molecule has 0 aromatic heterocycles. The molecule has 0 aliphatic heterocycles. The molecule has 2 aliphatic rings. The van der Waals surface area contributed by atoms with Crippen LogP contribution in [0.2, 0.25) is 0 Å². The summed E-state index contributed by atoms with van der Waals surface area (Å²) in [7, 11) is 2.15. The second-order valence-corrected chi connectivity index (χ2v) is 6.28. The number of hydrogen-bond acceptors (Lipinski definition) is 3. The van der Waals surface area contributed by atoms with Crippen molar-refractivity contribution in [3.8, 4) is 0 Å². The van der Waals surface area contributed by atoms with E-state index in [1.54, 1.807) is 0 Å². The highest BCUT2D eigenvalue weighted by molar-refractivity contribution is 5.79. The van der Waals surface area contributed by atoms with E-state index in [-0.39, 0.29) is 5.92 Å². The van der Waals surface area contributed by atoms with Gasteiger partial charge in [0.05, 0.1) is 0 Å². The summed E-state index contributed by atoms with van der Waals surface area (Å²) in [5.41, 5.74) is 5.09. The van der Waals surface area contributed by atoms with E-state index in [2.05, 4.69) is 18.9 Å². The number of nitrogens with zero attached hydrogens (tertiary/aromatic N) is 1. The Morgan fingerprint density at radius 3 is 2.72 bits per heavy atom. The maximum atomic E-state index is 11.3. The summed E-state index contributed by atoms with van der Waals surface area (Å²) in [6.07, 6.45) is 6.17. The van der Waals surface area contributed by atoms with Crippen LogP contribution in [0, 0.1) is 11.8 Å². The lowest BCUT2D eigenvalue weighted by atomic mass is 9.85. The molecule has 0 saturated heterocycles. The summed E-state index contributed by atoms with van der Waals surface area (Å²) < 4.78 is 0. The van der Waals surface area contributed by atoms with E-state index in [1.165, 1.54) is 12.8 Å². The third kappa shape index (κ3) is 2.69. The summed E-state index contributed by atoms with van der Waals surface area (Å²) in [5, 5.41) is 9.28. The van der Waals surface area contributed by atoms with Crippen molar-refractivity contribution in [2.24, 2.45) is 17.6 Å². The van der Waals surface area contributed by atoms with E-state index in [0.717, 1.165) is 31.7 Å². The van der Waals surface area contributed by atoms with Crippen molar-refractivity contribution in [1.29, 1.82) is 0 Å². The molecular formula is C14H26N2O2. The van der Waals surface area contributed by atoms with Gasteiger partial charge < -0.3 is 15.7 Å². The van der Waals surface area contributed by atoms with Crippen LogP contribution in [0.4, 0.5) is 0 Å². The minimum atomic E-state index is -0.969. The molecule has 18 heavy (non-hydrogen) atoms. The second kappa shape index (κ2) is 5.17. The largest absolute Gasteiger partial charge is 0.480 e. The Bertz CT molecular complexity index is 317. The third-order valence-corrected chi connectivity index (χ3v) is 5.10. The zero-order valence-electron chi connectivity index (χ0n) is 11.6. The van der Waals surface area contributed by atoms with Crippen LogP contribution in [0.15, 0.2) is 0 Å². The van der Waals surface area contributed by atoms with Gasteiger partial charge in [0.15, 0.2) is 0 Å². The van der Waals surface area contributed by atoms with Crippen molar-refractivity contribution < 1.29 is 9.90 Å². The average molecular weight is 254 g/mol. The van der Waals surface area contributed by atoms with Crippen LogP contribution in [0.1, 0.15) is 45.4 Å². The highest BCUT2D eigenvalue weighted by Gasteiger charge is 2.45. The summed E-state index contributed by atoms with van der Waals surface area (Å²) in [4.78, 5) is 13.7. The minimum absolute atomic E-state index is 0.142. The second-order valence-electron chi connectivity index (χ2n) is 6.28. The monoisotopic (exact) mass is 254 g/mol. The van der Waals surface area contributed by atoms with Gasteiger partial charge in [-0.15, -0.1) is 0 Å². The SMILES string of the molecule is CC(C1CC1)N(C)CCC1CCCC1(N)C(=O)O. The molecule has 2 aliphatic carbocycles. The van der Waals surface area contributed by atoms with Crippen molar-refractivity contribution in [2.75, 3.05) is 13.6 Å². The van der Waals surface area contributed by atoms with Crippen LogP contribution in [0.25, 0.3) is 0 Å². The number of aliphatic carboxylic acids is 1. The number of rotatable bonds is 6. The summed E-state index contributed by atoms with van der Waals surface area (Å²) in [6, 6.07) is 0.628. The smallest absolute Gasteiger partial charge is 0.323 e. The predicted molar refractivity (Wildman–Crippen MR) is 71.3 cm³/mol. The molecule has 4 nitrogen and oxygen atoms in total. The van der Waals surface area contributed by atoms with E-state index in [9.17, 15) is 9.90 Å². The van der Waals surface area contributed by atoms with Gasteiger partial charge >= 0.3 is 5.97 Å². The summed E-state index contributed by atoms with van der Waals surface area (Å²) >= 11 is 0. The van der Waals surface area contributed by atoms with Gasteiger partial charge in [0.2, 0.25) is 0 Å². The van der Waals surface area contributed by atoms with Crippen LogP contribution >= 0.6 is 0 Å². The maximum absolute atomic E-state index is 11.3. The Morgan fingerprint density at radius 1 is 1.50 bits per heavy atom. The van der Waals surface area contributed by atoms with Crippen molar-refractivity contribution >= 4 is 5.97 Å².